The van der Waals surface area contributed by atoms with E-state index < -0.39 is 12.0 Å². The molecule has 0 heterocycles. The maximum absolute atomic E-state index is 11.6. The van der Waals surface area contributed by atoms with Gasteiger partial charge in [0.1, 0.15) is 11.8 Å². The van der Waals surface area contributed by atoms with E-state index in [-0.39, 0.29) is 0 Å². The number of aliphatic carboxylic acids is 1. The fourth-order valence-electron chi connectivity index (χ4n) is 2.94. The van der Waals surface area contributed by atoms with Gasteiger partial charge < -0.3 is 9.84 Å². The Morgan fingerprint density at radius 3 is 2.67 bits per heavy atom. The largest absolute Gasteiger partial charge is 0.494 e. The Morgan fingerprint density at radius 2 is 2.05 bits per heavy atom. The lowest BCUT2D eigenvalue weighted by atomic mass is 10.0. The van der Waals surface area contributed by atoms with Crippen LogP contribution in [0.25, 0.3) is 0 Å². The molecule has 1 saturated carbocycles. The molecule has 0 spiro atoms. The third kappa shape index (κ3) is 4.74. The summed E-state index contributed by atoms with van der Waals surface area (Å²) in [5, 5.41) is 12.9. The molecule has 4 nitrogen and oxygen atoms in total. The van der Waals surface area contributed by atoms with Gasteiger partial charge in [-0.1, -0.05) is 37.8 Å². The summed E-state index contributed by atoms with van der Waals surface area (Å²) in [5.74, 6) is -0.100. The van der Waals surface area contributed by atoms with Gasteiger partial charge in [0.2, 0.25) is 0 Å². The van der Waals surface area contributed by atoms with Gasteiger partial charge in [-0.25, -0.2) is 0 Å². The van der Waals surface area contributed by atoms with Crippen molar-refractivity contribution in [2.45, 2.75) is 57.5 Å². The molecule has 0 radical (unpaired) electrons. The normalized spacial score (nSPS) is 18.0. The number of ether oxygens (including phenoxy) is 1. The van der Waals surface area contributed by atoms with Gasteiger partial charge >= 0.3 is 5.97 Å². The Morgan fingerprint density at radius 1 is 1.33 bits per heavy atom. The van der Waals surface area contributed by atoms with Gasteiger partial charge in [0, 0.05) is 6.04 Å². The van der Waals surface area contributed by atoms with Crippen molar-refractivity contribution in [2.75, 3.05) is 6.61 Å². The zero-order valence-corrected chi connectivity index (χ0v) is 12.7. The summed E-state index contributed by atoms with van der Waals surface area (Å²) < 4.78 is 5.47. The van der Waals surface area contributed by atoms with Crippen LogP contribution in [0.15, 0.2) is 24.3 Å². The zero-order chi connectivity index (χ0) is 15.1. The van der Waals surface area contributed by atoms with Crippen LogP contribution in [0, 0.1) is 0 Å². The van der Waals surface area contributed by atoms with Crippen molar-refractivity contribution in [3.63, 3.8) is 0 Å². The number of hydrogen-bond acceptors (Lipinski definition) is 3. The highest BCUT2D eigenvalue weighted by atomic mass is 16.5. The topological polar surface area (TPSA) is 58.6 Å². The summed E-state index contributed by atoms with van der Waals surface area (Å²) in [5.41, 5.74) is 0.762. The molecule has 0 aliphatic heterocycles. The van der Waals surface area contributed by atoms with Gasteiger partial charge in [-0.3, -0.25) is 10.1 Å². The van der Waals surface area contributed by atoms with Crippen molar-refractivity contribution in [3.8, 4) is 5.75 Å². The first kappa shape index (κ1) is 15.8. The quantitative estimate of drug-likeness (QED) is 0.787. The Bertz CT molecular complexity index is 453. The van der Waals surface area contributed by atoms with E-state index >= 15 is 0 Å². The summed E-state index contributed by atoms with van der Waals surface area (Å²) in [7, 11) is 0. The second-order valence-electron chi connectivity index (χ2n) is 5.63. The molecule has 116 valence electrons. The van der Waals surface area contributed by atoms with Crippen LogP contribution in [0.2, 0.25) is 0 Å². The summed E-state index contributed by atoms with van der Waals surface area (Å²) in [6, 6.07) is 7.03. The number of rotatable bonds is 6. The van der Waals surface area contributed by atoms with Crippen LogP contribution >= 0.6 is 0 Å². The first-order chi connectivity index (χ1) is 10.2. The molecule has 21 heavy (non-hydrogen) atoms. The van der Waals surface area contributed by atoms with Crippen molar-refractivity contribution in [1.82, 2.24) is 5.32 Å². The molecule has 0 amide bonds. The van der Waals surface area contributed by atoms with E-state index in [1.807, 2.05) is 31.2 Å². The molecule has 0 saturated heterocycles. The fourth-order valence-corrected chi connectivity index (χ4v) is 2.94. The monoisotopic (exact) mass is 291 g/mol. The molecule has 1 aromatic carbocycles. The van der Waals surface area contributed by atoms with Crippen LogP contribution in [-0.2, 0) is 4.79 Å². The van der Waals surface area contributed by atoms with E-state index in [4.69, 9.17) is 4.74 Å². The van der Waals surface area contributed by atoms with E-state index in [0.717, 1.165) is 24.2 Å². The van der Waals surface area contributed by atoms with Crippen LogP contribution in [0.3, 0.4) is 0 Å². The number of carboxylic acid groups (broad SMARTS) is 1. The lowest BCUT2D eigenvalue weighted by Crippen LogP contribution is -2.36. The number of carbonyl (C=O) groups is 1. The average Bonchev–Trinajstić information content (AvgIpc) is 2.73. The number of benzene rings is 1. The Hall–Kier alpha value is -1.55. The van der Waals surface area contributed by atoms with Crippen LogP contribution in [-0.4, -0.2) is 23.7 Å². The third-order valence-corrected chi connectivity index (χ3v) is 4.01. The molecule has 0 aromatic heterocycles. The molecule has 1 fully saturated rings. The summed E-state index contributed by atoms with van der Waals surface area (Å²) in [6.45, 7) is 2.50. The zero-order valence-electron chi connectivity index (χ0n) is 12.7. The van der Waals surface area contributed by atoms with Gasteiger partial charge in [0.05, 0.1) is 6.61 Å². The minimum absolute atomic E-state index is 0.296. The molecule has 2 rings (SSSR count). The van der Waals surface area contributed by atoms with Crippen LogP contribution in [0.5, 0.6) is 5.75 Å². The number of nitrogens with one attached hydrogen (secondary N) is 1. The second kappa shape index (κ2) is 8.03. The number of carboxylic acids is 1. The van der Waals surface area contributed by atoms with Crippen molar-refractivity contribution in [1.29, 1.82) is 0 Å². The molecule has 1 aliphatic rings. The maximum atomic E-state index is 11.6. The van der Waals surface area contributed by atoms with Crippen molar-refractivity contribution >= 4 is 5.97 Å². The predicted molar refractivity (Wildman–Crippen MR) is 82.6 cm³/mol. The van der Waals surface area contributed by atoms with Gasteiger partial charge in [-0.15, -0.1) is 0 Å². The predicted octanol–water partition coefficient (Wildman–Crippen LogP) is 3.52. The molecule has 1 unspecified atom stereocenters. The fraction of sp³-hybridized carbons (Fsp3) is 0.588. The third-order valence-electron chi connectivity index (χ3n) is 4.01. The first-order valence-corrected chi connectivity index (χ1v) is 7.92. The highest BCUT2D eigenvalue weighted by Gasteiger charge is 2.24. The summed E-state index contributed by atoms with van der Waals surface area (Å²) in [6.07, 6.45) is 7.02. The SMILES string of the molecule is CCOc1cccc(C(NC2CCCCCC2)C(=O)O)c1. The number of hydrogen-bond donors (Lipinski definition) is 2. The standard InChI is InChI=1S/C17H25NO3/c1-2-21-15-11-7-8-13(12-15)16(17(19)20)18-14-9-5-3-4-6-10-14/h7-8,11-12,14,16,18H,2-6,9-10H2,1H3,(H,19,20). The van der Waals surface area contributed by atoms with Crippen LogP contribution < -0.4 is 10.1 Å². The van der Waals surface area contributed by atoms with Crippen molar-refractivity contribution < 1.29 is 14.6 Å². The minimum Gasteiger partial charge on any atom is -0.494 e. The molecule has 1 aromatic rings. The van der Waals surface area contributed by atoms with Crippen molar-refractivity contribution in [2.24, 2.45) is 0 Å². The average molecular weight is 291 g/mol. The smallest absolute Gasteiger partial charge is 0.325 e. The molecule has 1 aliphatic carbocycles. The van der Waals surface area contributed by atoms with E-state index in [0.29, 0.717) is 12.6 Å². The minimum atomic E-state index is -0.826. The van der Waals surface area contributed by atoms with E-state index in [1.54, 1.807) is 0 Å². The summed E-state index contributed by atoms with van der Waals surface area (Å²) >= 11 is 0. The lowest BCUT2D eigenvalue weighted by Gasteiger charge is -2.22. The molecule has 2 N–H and O–H groups in total. The van der Waals surface area contributed by atoms with Crippen molar-refractivity contribution in [3.05, 3.63) is 29.8 Å². The Kier molecular flexibility index (Phi) is 6.05. The van der Waals surface area contributed by atoms with Gasteiger partial charge in [-0.05, 0) is 37.5 Å². The Balaban J connectivity index is 2.10. The molecule has 1 atom stereocenters. The van der Waals surface area contributed by atoms with Crippen LogP contribution in [0.4, 0.5) is 0 Å². The molecular formula is C17H25NO3. The molecular weight excluding hydrogens is 266 g/mol. The van der Waals surface area contributed by atoms with Gasteiger partial charge in [0.25, 0.3) is 0 Å². The van der Waals surface area contributed by atoms with Gasteiger partial charge in [-0.2, -0.15) is 0 Å². The highest BCUT2D eigenvalue weighted by molar-refractivity contribution is 5.75. The van der Waals surface area contributed by atoms with Crippen LogP contribution in [0.1, 0.15) is 57.1 Å². The summed E-state index contributed by atoms with van der Waals surface area (Å²) in [4.78, 5) is 11.6. The van der Waals surface area contributed by atoms with E-state index in [1.165, 1.54) is 25.7 Å². The first-order valence-electron chi connectivity index (χ1n) is 7.92. The molecule has 0 bridgehead atoms. The Labute approximate surface area is 126 Å². The second-order valence-corrected chi connectivity index (χ2v) is 5.63. The molecule has 4 heteroatoms. The van der Waals surface area contributed by atoms with E-state index in [9.17, 15) is 9.90 Å². The van der Waals surface area contributed by atoms with Gasteiger partial charge in [0.15, 0.2) is 0 Å². The van der Waals surface area contributed by atoms with E-state index in [2.05, 4.69) is 5.32 Å². The maximum Gasteiger partial charge on any atom is 0.325 e. The lowest BCUT2D eigenvalue weighted by molar-refractivity contribution is -0.140. The highest BCUT2D eigenvalue weighted by Crippen LogP contribution is 2.24.